The number of halogens is 7. The van der Waals surface area contributed by atoms with Crippen LogP contribution in [0.4, 0.5) is 17.6 Å². The van der Waals surface area contributed by atoms with E-state index in [4.69, 9.17) is 23.7 Å². The molecular weight excluding hydrogens is 1890 g/mol. The average molecular weight is 2000 g/mol. The summed E-state index contributed by atoms with van der Waals surface area (Å²) in [5.74, 6) is -6.21. The van der Waals surface area contributed by atoms with E-state index in [1.54, 1.807) is 38.5 Å². The fraction of sp³-hybridized carbons (Fsp3) is 0.290. The van der Waals surface area contributed by atoms with E-state index < -0.39 is 70.9 Å². The van der Waals surface area contributed by atoms with Crippen molar-refractivity contribution in [3.05, 3.63) is 338 Å². The molecule has 0 saturated carbocycles. The van der Waals surface area contributed by atoms with E-state index in [9.17, 15) is 56.5 Å². The van der Waals surface area contributed by atoms with Crippen LogP contribution in [0.15, 0.2) is 265 Å². The molecule has 117 heavy (non-hydrogen) atoms. The van der Waals surface area contributed by atoms with Gasteiger partial charge in [0.05, 0.1) is 35.8 Å². The summed E-state index contributed by atoms with van der Waals surface area (Å²) in [5.41, 5.74) is 8.41. The Morgan fingerprint density at radius 3 is 0.966 bits per heavy atom. The summed E-state index contributed by atoms with van der Waals surface area (Å²) in [6.07, 6.45) is 3.32. The average Bonchev–Trinajstić information content (AvgIpc) is 0.768. The highest BCUT2D eigenvalue weighted by atomic mass is 127. The topological polar surface area (TPSA) is 218 Å². The molecule has 11 rings (SSSR count). The van der Waals surface area contributed by atoms with Gasteiger partial charge in [0.2, 0.25) is 11.6 Å². The molecule has 3 unspecified atom stereocenters. The van der Waals surface area contributed by atoms with Crippen molar-refractivity contribution in [2.75, 3.05) is 26.6 Å². The molecule has 0 radical (unpaired) electrons. The van der Waals surface area contributed by atoms with Gasteiger partial charge in [-0.25, -0.2) is 34.0 Å². The van der Waals surface area contributed by atoms with Crippen molar-refractivity contribution in [1.29, 1.82) is 0 Å². The first-order valence-corrected chi connectivity index (χ1v) is 48.7. The van der Waals surface area contributed by atoms with Crippen molar-refractivity contribution in [2.45, 2.75) is 160 Å². The van der Waals surface area contributed by atoms with Crippen LogP contribution in [-0.2, 0) is 54.4 Å². The Kier molecular flexibility index (Phi) is 39.9. The zero-order chi connectivity index (χ0) is 86.1. The van der Waals surface area contributed by atoms with Crippen molar-refractivity contribution in [3.63, 3.8) is 0 Å². The van der Waals surface area contributed by atoms with Gasteiger partial charge in [0, 0.05) is 5.75 Å². The molecule has 11 aromatic carbocycles. The summed E-state index contributed by atoms with van der Waals surface area (Å²) in [4.78, 5) is -2.46. The minimum Gasteiger partial charge on any atom is -0.748 e. The summed E-state index contributed by atoms with van der Waals surface area (Å²) in [6.45, 7) is 26.5. The van der Waals surface area contributed by atoms with Gasteiger partial charge in [-0.2, -0.15) is 8.78 Å². The maximum absolute atomic E-state index is 13.8. The monoisotopic (exact) mass is 2000 g/mol. The maximum atomic E-state index is 13.8. The van der Waals surface area contributed by atoms with Gasteiger partial charge in [-0.3, -0.25) is 0 Å². The van der Waals surface area contributed by atoms with Crippen LogP contribution >= 0.6 is 0 Å². The smallest absolute Gasteiger partial charge is 0.357 e. The minimum atomic E-state index is -5.74. The quantitative estimate of drug-likeness (QED) is 0.0154. The van der Waals surface area contributed by atoms with Gasteiger partial charge in [0.25, 0.3) is 0 Å². The number of hydrogen-bond donors (Lipinski definition) is 0. The Hall–Kier alpha value is -7.94. The largest absolute Gasteiger partial charge is 0.748 e. The van der Waals surface area contributed by atoms with E-state index in [1.165, 1.54) is 67.9 Å². The zero-order valence-electron chi connectivity index (χ0n) is 68.2. The van der Waals surface area contributed by atoms with Gasteiger partial charge in [-0.1, -0.05) is 204 Å². The van der Waals surface area contributed by atoms with Crippen LogP contribution in [-0.4, -0.2) is 65.5 Å². The Morgan fingerprint density at radius 1 is 0.359 bits per heavy atom. The van der Waals surface area contributed by atoms with E-state index in [-0.39, 0.29) is 98.1 Å². The third-order valence-corrected chi connectivity index (χ3v) is 28.7. The number of benzene rings is 11. The van der Waals surface area contributed by atoms with Gasteiger partial charge in [-0.15, -0.1) is 0 Å². The molecule has 0 bridgehead atoms. The summed E-state index contributed by atoms with van der Waals surface area (Å²) >= 11 is -0.160. The Labute approximate surface area is 721 Å². The van der Waals surface area contributed by atoms with Gasteiger partial charge in [-0.05, 0) is 227 Å². The molecule has 0 aliphatic heterocycles. The number of rotatable bonds is 27. The maximum Gasteiger partial charge on any atom is 0.357 e. The lowest BCUT2D eigenvalue weighted by Crippen LogP contribution is -3.61. The van der Waals surface area contributed by atoms with Gasteiger partial charge in [0.1, 0.15) is 61.3 Å². The highest BCUT2D eigenvalue weighted by Gasteiger charge is 2.31. The predicted molar refractivity (Wildman–Crippen MR) is 439 cm³/mol. The van der Waals surface area contributed by atoms with Crippen LogP contribution in [0.3, 0.4) is 0 Å². The van der Waals surface area contributed by atoms with Crippen molar-refractivity contribution >= 4 is 30.4 Å². The highest BCUT2D eigenvalue weighted by Crippen LogP contribution is 2.34. The number of methoxy groups -OCH3 is 2. The highest BCUT2D eigenvalue weighted by molar-refractivity contribution is 7.86. The second-order valence-corrected chi connectivity index (χ2v) is 42.3. The molecule has 24 heteroatoms. The lowest BCUT2D eigenvalue weighted by atomic mass is 9.87. The van der Waals surface area contributed by atoms with Crippen molar-refractivity contribution in [3.8, 4) is 28.7 Å². The molecule has 0 aromatic heterocycles. The molecule has 0 aliphatic rings. The molecule has 0 amide bonds. The number of hydrogen-bond acceptors (Lipinski definition) is 14. The lowest BCUT2D eigenvalue weighted by molar-refractivity contribution is -0.597. The molecular formula is C93H103F4I3O14S3. The van der Waals surface area contributed by atoms with E-state index in [2.05, 4.69) is 215 Å². The molecule has 0 fully saturated rings. The molecule has 0 saturated heterocycles. The fourth-order valence-corrected chi connectivity index (χ4v) is 18.6. The molecule has 0 heterocycles. The van der Waals surface area contributed by atoms with Crippen molar-refractivity contribution in [2.24, 2.45) is 0 Å². The zero-order valence-corrected chi connectivity index (χ0v) is 77.1. The lowest BCUT2D eigenvalue weighted by Gasteiger charge is -2.18. The summed E-state index contributed by atoms with van der Waals surface area (Å²) in [5, 5.41) is 0. The Bertz CT molecular complexity index is 4980. The Morgan fingerprint density at radius 2 is 0.658 bits per heavy atom. The Balaban J connectivity index is 0.000000220. The van der Waals surface area contributed by atoms with Crippen LogP contribution in [0.2, 0.25) is 0 Å². The van der Waals surface area contributed by atoms with Gasteiger partial charge in [0.15, 0.2) is 38.8 Å². The van der Waals surface area contributed by atoms with Crippen LogP contribution in [0.5, 0.6) is 28.7 Å². The first-order chi connectivity index (χ1) is 55.3. The fourth-order valence-electron chi connectivity index (χ4n) is 10.5. The summed E-state index contributed by atoms with van der Waals surface area (Å²) in [6, 6.07) is 84.7. The summed E-state index contributed by atoms with van der Waals surface area (Å²) < 4.78 is 186. The van der Waals surface area contributed by atoms with E-state index in [0.29, 0.717) is 41.4 Å². The molecule has 0 aliphatic carbocycles. The third kappa shape index (κ3) is 34.4. The minimum absolute atomic E-state index is 0.0287. The third-order valence-electron chi connectivity index (χ3n) is 18.2. The van der Waals surface area contributed by atoms with E-state index >= 15 is 0 Å². The van der Waals surface area contributed by atoms with Gasteiger partial charge < -0.3 is 37.3 Å². The van der Waals surface area contributed by atoms with E-state index in [0.717, 1.165) is 41.9 Å². The second kappa shape index (κ2) is 47.7. The first kappa shape index (κ1) is 97.9. The summed E-state index contributed by atoms with van der Waals surface area (Å²) in [7, 11) is -10.9. The molecule has 626 valence electrons. The SMILES string of the molecule is CC(C)(C)c1ccc([I+]c2ccc(C(C)(C)C)cc2)cc1.CCC(C)c1ccc(COc2c(F)c(F)c(S(=O)(=O)[O-])c(F)c2F)cc1.CCC(C)c1ccc(COc2ccc(S(=O)(=O)[O-])cc2)cc1.CCC(C)c1ccc(OCCCS(=O)(=O)[O-])cc1.COc1ccc([I+]c2ccc(OC)cc2)cc1.c1ccc([I+]c2ccccc2)cc1. The van der Waals surface area contributed by atoms with Crippen LogP contribution < -0.4 is 87.3 Å². The van der Waals surface area contributed by atoms with Crippen molar-refractivity contribution in [1.82, 2.24) is 0 Å². The van der Waals surface area contributed by atoms with Gasteiger partial charge >= 0.3 is 63.6 Å². The molecule has 3 atom stereocenters. The first-order valence-electron chi connectivity index (χ1n) is 37.8. The molecule has 0 N–H and O–H groups in total. The van der Waals surface area contributed by atoms with Crippen LogP contribution in [0.25, 0.3) is 0 Å². The molecule has 14 nitrogen and oxygen atoms in total. The van der Waals surface area contributed by atoms with Crippen LogP contribution in [0.1, 0.15) is 165 Å². The van der Waals surface area contributed by atoms with Crippen molar-refractivity contribution < 1.29 is 144 Å². The number of ether oxygens (including phenoxy) is 5. The molecule has 11 aromatic rings. The normalized spacial score (nSPS) is 12.1. The standard InChI is InChI=1S/C20H26I.C17H16F4O4S.C17H20O4S.C14H14IO2.C13H20O4S.C12H10I/c1-19(2,3)15-7-11-17(12-8-15)21-18-13-9-16(10-14-18)20(4,5)6;1-3-9(2)11-6-4-10(5-7-11)8-25-16-12(18)14(20)17(26(22,23)24)15(21)13(16)19;1-3-13(2)15-6-4-14(5-7-15)12-21-16-8-10-17(11-9-16)22(18,19)20;1-16-13-7-3-11(4-8-13)15-12-5-9-14(17-2)10-6-12;1-3-11(2)12-5-7-13(8-6-12)17-9-4-10-18(14,15)16;1-3-7-11(8-4-1)13-12-9-5-2-6-10-12/h7-14H,1-6H3;4-7,9H,3,8H2,1-2H3,(H,22,23,24);4-11,13H,3,12H2,1-2H3,(H,18,19,20);3-10H,1-2H3;5-8,11H,3-4,9-10H2,1-2H3,(H,14,15,16);1-10H/q+1;;;+1;;+1/p-3. The second-order valence-electron chi connectivity index (χ2n) is 29.0. The predicted octanol–water partition coefficient (Wildman–Crippen LogP) is 12.5. The molecule has 0 spiro atoms. The van der Waals surface area contributed by atoms with Crippen LogP contribution in [0, 0.1) is 44.7 Å². The van der Waals surface area contributed by atoms with E-state index in [1.807, 2.05) is 74.5 Å².